The van der Waals surface area contributed by atoms with E-state index in [9.17, 15) is 4.79 Å². The van der Waals surface area contributed by atoms with Gasteiger partial charge in [0.05, 0.1) is 4.99 Å². The Labute approximate surface area is 112 Å². The fourth-order valence-corrected chi connectivity index (χ4v) is 1.85. The van der Waals surface area contributed by atoms with Crippen molar-refractivity contribution in [3.63, 3.8) is 0 Å². The molecule has 0 fully saturated rings. The fraction of sp³-hybridized carbons (Fsp3) is 0.462. The minimum atomic E-state index is -0.277. The normalized spacial score (nSPS) is 11.0. The first-order chi connectivity index (χ1) is 8.27. The number of aromatic nitrogens is 1. The molecule has 0 atom stereocenters. The van der Waals surface area contributed by atoms with Crippen molar-refractivity contribution in [2.24, 2.45) is 5.73 Å². The molecule has 1 aromatic heterocycles. The highest BCUT2D eigenvalue weighted by Gasteiger charge is 2.20. The number of nitriles is 1. The van der Waals surface area contributed by atoms with Crippen LogP contribution in [-0.4, -0.2) is 9.56 Å². The number of nitrogens with zero attached hydrogens (tertiary/aromatic N) is 2. The lowest BCUT2D eigenvalue weighted by molar-refractivity contribution is 0.505. The third-order valence-corrected chi connectivity index (χ3v) is 2.85. The molecular formula is C13H17N3OS. The fourth-order valence-electron chi connectivity index (χ4n) is 1.76. The van der Waals surface area contributed by atoms with Crippen LogP contribution >= 0.6 is 12.2 Å². The molecule has 0 unspecified atom stereocenters. The zero-order chi connectivity index (χ0) is 13.9. The van der Waals surface area contributed by atoms with Crippen LogP contribution < -0.4 is 11.3 Å². The molecule has 4 nitrogen and oxygen atoms in total. The topological polar surface area (TPSA) is 71.8 Å². The van der Waals surface area contributed by atoms with Gasteiger partial charge < -0.3 is 10.3 Å². The number of thiocarbonyl (C=S) groups is 1. The molecule has 0 aliphatic rings. The maximum Gasteiger partial charge on any atom is 0.268 e. The number of hydrogen-bond donors (Lipinski definition) is 1. The minimum absolute atomic E-state index is 0.144. The molecule has 0 saturated heterocycles. The van der Waals surface area contributed by atoms with Crippen LogP contribution in [-0.2, 0) is 12.0 Å². The molecule has 1 aromatic rings. The maximum atomic E-state index is 12.1. The quantitative estimate of drug-likeness (QED) is 0.842. The summed E-state index contributed by atoms with van der Waals surface area (Å²) in [5.41, 5.74) is 6.04. The predicted octanol–water partition coefficient (Wildman–Crippen LogP) is 1.69. The van der Waals surface area contributed by atoms with Crippen molar-refractivity contribution in [3.05, 3.63) is 33.7 Å². The van der Waals surface area contributed by atoms with Gasteiger partial charge in [0, 0.05) is 24.1 Å². The number of hydrogen-bond acceptors (Lipinski definition) is 3. The summed E-state index contributed by atoms with van der Waals surface area (Å²) in [6.07, 6.45) is 0.452. The van der Waals surface area contributed by atoms with Gasteiger partial charge in [-0.1, -0.05) is 33.0 Å². The molecule has 18 heavy (non-hydrogen) atoms. The molecule has 96 valence electrons. The van der Waals surface area contributed by atoms with Crippen LogP contribution in [0.2, 0.25) is 0 Å². The average Bonchev–Trinajstić information content (AvgIpc) is 2.25. The molecule has 1 rings (SSSR count). The van der Waals surface area contributed by atoms with Gasteiger partial charge in [0.15, 0.2) is 0 Å². The highest BCUT2D eigenvalue weighted by atomic mass is 32.1. The second-order valence-corrected chi connectivity index (χ2v) is 5.69. The summed E-state index contributed by atoms with van der Waals surface area (Å²) in [5.74, 6) is 0. The van der Waals surface area contributed by atoms with E-state index >= 15 is 0 Å². The van der Waals surface area contributed by atoms with E-state index in [0.29, 0.717) is 18.0 Å². The summed E-state index contributed by atoms with van der Waals surface area (Å²) in [6, 6.07) is 5.29. The summed E-state index contributed by atoms with van der Waals surface area (Å²) in [5, 5.41) is 8.90. The van der Waals surface area contributed by atoms with Gasteiger partial charge in [-0.15, -0.1) is 0 Å². The van der Waals surface area contributed by atoms with E-state index in [-0.39, 0.29) is 16.5 Å². The van der Waals surface area contributed by atoms with E-state index in [4.69, 9.17) is 23.2 Å². The van der Waals surface area contributed by atoms with Crippen LogP contribution in [0.25, 0.3) is 0 Å². The monoisotopic (exact) mass is 263 g/mol. The van der Waals surface area contributed by atoms with Crippen molar-refractivity contribution in [2.45, 2.75) is 39.2 Å². The molecule has 5 heteroatoms. The Balaban J connectivity index is 3.37. The molecule has 0 radical (unpaired) electrons. The van der Waals surface area contributed by atoms with Gasteiger partial charge in [0.1, 0.15) is 11.6 Å². The summed E-state index contributed by atoms with van der Waals surface area (Å²) < 4.78 is 1.59. The van der Waals surface area contributed by atoms with Crippen molar-refractivity contribution in [2.75, 3.05) is 0 Å². The Bertz CT molecular complexity index is 561. The zero-order valence-electron chi connectivity index (χ0n) is 10.9. The number of nitrogens with two attached hydrogens (primary N) is 1. The van der Waals surface area contributed by atoms with Crippen molar-refractivity contribution >= 4 is 17.2 Å². The molecule has 0 aliphatic carbocycles. The highest BCUT2D eigenvalue weighted by molar-refractivity contribution is 7.80. The molecule has 0 aromatic carbocycles. The lowest BCUT2D eigenvalue weighted by Crippen LogP contribution is -2.32. The Hall–Kier alpha value is -1.67. The van der Waals surface area contributed by atoms with Gasteiger partial charge in [-0.05, 0) is 12.1 Å². The summed E-state index contributed by atoms with van der Waals surface area (Å²) in [7, 11) is 0. The first-order valence-corrected chi connectivity index (χ1v) is 6.11. The lowest BCUT2D eigenvalue weighted by Gasteiger charge is -2.24. The SMILES string of the molecule is CC(C)(C)c1ccc(C#N)c(=O)n1CCC(N)=S. The first kappa shape index (κ1) is 14.4. The third-order valence-electron chi connectivity index (χ3n) is 2.64. The largest absolute Gasteiger partial charge is 0.393 e. The van der Waals surface area contributed by atoms with Gasteiger partial charge in [0.2, 0.25) is 0 Å². The van der Waals surface area contributed by atoms with Gasteiger partial charge in [-0.25, -0.2) is 0 Å². The van der Waals surface area contributed by atoms with E-state index in [2.05, 4.69) is 0 Å². The maximum absolute atomic E-state index is 12.1. The van der Waals surface area contributed by atoms with Crippen molar-refractivity contribution < 1.29 is 0 Å². The minimum Gasteiger partial charge on any atom is -0.393 e. The zero-order valence-corrected chi connectivity index (χ0v) is 11.7. The first-order valence-electron chi connectivity index (χ1n) is 5.70. The van der Waals surface area contributed by atoms with Gasteiger partial charge in [0.25, 0.3) is 5.56 Å². The third kappa shape index (κ3) is 3.17. The van der Waals surface area contributed by atoms with Crippen LogP contribution in [0.4, 0.5) is 0 Å². The van der Waals surface area contributed by atoms with Gasteiger partial charge in [-0.3, -0.25) is 4.79 Å². The Morgan fingerprint density at radius 3 is 2.56 bits per heavy atom. The molecule has 0 bridgehead atoms. The van der Waals surface area contributed by atoms with E-state index in [1.54, 1.807) is 10.6 Å². The van der Waals surface area contributed by atoms with Crippen molar-refractivity contribution in [1.82, 2.24) is 4.57 Å². The van der Waals surface area contributed by atoms with Crippen LogP contribution in [0.1, 0.15) is 38.4 Å². The molecule has 0 amide bonds. The lowest BCUT2D eigenvalue weighted by atomic mass is 9.90. The molecule has 0 saturated carbocycles. The van der Waals surface area contributed by atoms with E-state index in [1.165, 1.54) is 0 Å². The second-order valence-electron chi connectivity index (χ2n) is 5.17. The van der Waals surface area contributed by atoms with Crippen molar-refractivity contribution in [3.8, 4) is 6.07 Å². The van der Waals surface area contributed by atoms with Gasteiger partial charge >= 0.3 is 0 Å². The van der Waals surface area contributed by atoms with E-state index < -0.39 is 0 Å². The molecule has 0 spiro atoms. The molecular weight excluding hydrogens is 246 g/mol. The standard InChI is InChI=1S/C13H17N3OS/c1-13(2,3)10-5-4-9(8-14)12(17)16(10)7-6-11(15)18/h4-5H,6-7H2,1-3H3,(H2,15,18). The second kappa shape index (κ2) is 5.32. The number of pyridine rings is 1. The molecule has 0 aliphatic heterocycles. The molecule has 2 N–H and O–H groups in total. The smallest absolute Gasteiger partial charge is 0.268 e. The van der Waals surface area contributed by atoms with Gasteiger partial charge in [-0.2, -0.15) is 5.26 Å². The van der Waals surface area contributed by atoms with Crippen LogP contribution in [0.3, 0.4) is 0 Å². The predicted molar refractivity (Wildman–Crippen MR) is 75.5 cm³/mol. The van der Waals surface area contributed by atoms with Crippen LogP contribution in [0.5, 0.6) is 0 Å². The summed E-state index contributed by atoms with van der Waals surface area (Å²) in [6.45, 7) is 6.47. The Morgan fingerprint density at radius 1 is 1.50 bits per heavy atom. The van der Waals surface area contributed by atoms with Crippen LogP contribution in [0, 0.1) is 11.3 Å². The summed E-state index contributed by atoms with van der Waals surface area (Å²) in [4.78, 5) is 12.5. The number of rotatable bonds is 3. The Kier molecular flexibility index (Phi) is 4.25. The van der Waals surface area contributed by atoms with E-state index in [1.807, 2.05) is 32.9 Å². The average molecular weight is 263 g/mol. The van der Waals surface area contributed by atoms with Crippen molar-refractivity contribution in [1.29, 1.82) is 5.26 Å². The highest BCUT2D eigenvalue weighted by Crippen LogP contribution is 2.21. The van der Waals surface area contributed by atoms with E-state index in [0.717, 1.165) is 5.69 Å². The van der Waals surface area contributed by atoms with Crippen LogP contribution in [0.15, 0.2) is 16.9 Å². The Morgan fingerprint density at radius 2 is 2.11 bits per heavy atom. The summed E-state index contributed by atoms with van der Waals surface area (Å²) >= 11 is 4.83. The molecule has 1 heterocycles.